The van der Waals surface area contributed by atoms with Crippen molar-refractivity contribution >= 4 is 40.2 Å². The van der Waals surface area contributed by atoms with Gasteiger partial charge in [0.2, 0.25) is 0 Å². The summed E-state index contributed by atoms with van der Waals surface area (Å²) in [7, 11) is 0. The summed E-state index contributed by atoms with van der Waals surface area (Å²) in [5, 5.41) is 0. The second-order valence-corrected chi connectivity index (χ2v) is 18.5. The lowest BCUT2D eigenvalue weighted by molar-refractivity contribution is 0.479. The van der Waals surface area contributed by atoms with E-state index in [9.17, 15) is 12.3 Å². The summed E-state index contributed by atoms with van der Waals surface area (Å²) in [5.74, 6) is 0.499. The molecule has 2 heterocycles. The van der Waals surface area contributed by atoms with Crippen LogP contribution >= 0.6 is 0 Å². The number of rotatable bonds is 1. The van der Waals surface area contributed by atoms with Crippen molar-refractivity contribution in [1.82, 2.24) is 0 Å². The highest BCUT2D eigenvalue weighted by Gasteiger charge is 2.43. The topological polar surface area (TPSA) is 12.5 Å². The van der Waals surface area contributed by atoms with Crippen LogP contribution in [0.4, 0.5) is 17.1 Å². The summed E-state index contributed by atoms with van der Waals surface area (Å²) < 4.78 is 93.8. The zero-order valence-corrected chi connectivity index (χ0v) is 31.1. The van der Waals surface area contributed by atoms with Crippen LogP contribution in [0.2, 0.25) is 0 Å². The Hall–Kier alpha value is -3.46. The van der Waals surface area contributed by atoms with Crippen molar-refractivity contribution in [1.29, 1.82) is 0 Å². The van der Waals surface area contributed by atoms with Gasteiger partial charge in [0.05, 0.1) is 12.3 Å². The Morgan fingerprint density at radius 3 is 1.49 bits per heavy atom. The molecule has 3 heteroatoms. The van der Waals surface area contributed by atoms with Crippen LogP contribution < -0.4 is 26.0 Å². The Morgan fingerprint density at radius 1 is 0.489 bits per heavy atom. The van der Waals surface area contributed by atoms with Gasteiger partial charge in [-0.2, -0.15) is 0 Å². The first-order valence-corrected chi connectivity index (χ1v) is 16.8. The minimum absolute atomic E-state index is 0.0153. The molecular weight excluding hydrogens is 569 g/mol. The van der Waals surface area contributed by atoms with E-state index in [0.29, 0.717) is 39.2 Å². The van der Waals surface area contributed by atoms with Gasteiger partial charge in [-0.05, 0) is 108 Å². The molecule has 0 N–H and O–H groups in total. The number of benzene rings is 4. The fourth-order valence-corrected chi connectivity index (χ4v) is 6.04. The van der Waals surface area contributed by atoms with Gasteiger partial charge < -0.3 is 9.64 Å². The zero-order valence-electron chi connectivity index (χ0n) is 40.1. The summed E-state index contributed by atoms with van der Waals surface area (Å²) in [6, 6.07) is 3.35. The lowest BCUT2D eigenvalue weighted by Crippen LogP contribution is -2.59. The number of hydrogen-bond acceptors (Lipinski definition) is 2. The maximum atomic E-state index is 10.1. The van der Waals surface area contributed by atoms with Gasteiger partial charge >= 0.3 is 0 Å². The first-order valence-electron chi connectivity index (χ1n) is 21.3. The lowest BCUT2D eigenvalue weighted by atomic mass is 9.34. The summed E-state index contributed by atoms with van der Waals surface area (Å²) in [5.41, 5.74) is 1.07. The third-order valence-electron chi connectivity index (χ3n) is 9.12. The fourth-order valence-electron chi connectivity index (χ4n) is 6.04. The zero-order chi connectivity index (χ0) is 42.5. The number of fused-ring (bicyclic) bond motifs is 4. The van der Waals surface area contributed by atoms with E-state index >= 15 is 0 Å². The van der Waals surface area contributed by atoms with Crippen LogP contribution in [-0.2, 0) is 27.1 Å². The molecule has 0 bridgehead atoms. The number of ether oxygens (including phenoxy) is 1. The fraction of sp³-hybridized carbons (Fsp3) is 0.455. The third-order valence-corrected chi connectivity index (χ3v) is 9.12. The SMILES string of the molecule is [2H]c1c([2H])c(C(C)(C)C)c([2H])c2c1B1c3c(cc(C(C)(C)C)cc3N(c3c([2H])c(C(C)(C)C)c([2H])c(C(C)(C)C)c3[2H])c3c([2H])c(C(C)(C)C)c([2H])c([2H])c31)O2. The first kappa shape index (κ1) is 23.8. The van der Waals surface area contributed by atoms with Gasteiger partial charge in [0.15, 0.2) is 0 Å². The average molecular weight is 635 g/mol. The lowest BCUT2D eigenvalue weighted by Gasteiger charge is -2.42. The van der Waals surface area contributed by atoms with Crippen LogP contribution in [0.3, 0.4) is 0 Å². The van der Waals surface area contributed by atoms with E-state index in [1.165, 1.54) is 0 Å². The average Bonchev–Trinajstić information content (AvgIpc) is 2.99. The molecule has 0 aromatic heterocycles. The maximum Gasteiger partial charge on any atom is 0.256 e. The standard InChI is InChI=1S/C44H56BNO/c1-40(2,3)27-16-18-33-35(23-27)46(32-21-29(42(7,8)9)20-30(22-32)43(10,11)12)36-24-31(44(13,14)15)26-38-39(36)45(33)34-19-17-28(41(4,5)6)25-37(34)47-38/h16-26H,1-15H3/i16D,17D,18D,19D,20D,21D,22D,23D,25D. The van der Waals surface area contributed by atoms with Crippen molar-refractivity contribution in [3.63, 3.8) is 0 Å². The van der Waals surface area contributed by atoms with Crippen LogP contribution in [0.15, 0.2) is 66.5 Å². The van der Waals surface area contributed by atoms with Crippen molar-refractivity contribution in [2.24, 2.45) is 0 Å². The van der Waals surface area contributed by atoms with E-state index in [4.69, 9.17) is 4.74 Å². The highest BCUT2D eigenvalue weighted by atomic mass is 16.5. The van der Waals surface area contributed by atoms with Gasteiger partial charge in [0.25, 0.3) is 6.71 Å². The van der Waals surface area contributed by atoms with E-state index in [2.05, 4.69) is 20.8 Å². The Bertz CT molecular complexity index is 2330. The summed E-state index contributed by atoms with van der Waals surface area (Å²) in [4.78, 5) is 1.74. The minimum atomic E-state index is -0.976. The molecule has 2 nitrogen and oxygen atoms in total. The molecule has 0 amide bonds. The number of nitrogens with zero attached hydrogens (tertiary/aromatic N) is 1. The van der Waals surface area contributed by atoms with Crippen LogP contribution in [0.25, 0.3) is 0 Å². The molecule has 0 unspecified atom stereocenters. The monoisotopic (exact) mass is 635 g/mol. The van der Waals surface area contributed by atoms with Gasteiger partial charge in [-0.1, -0.05) is 134 Å². The molecule has 246 valence electrons. The third kappa shape index (κ3) is 5.94. The highest BCUT2D eigenvalue weighted by molar-refractivity contribution is 6.99. The molecule has 4 aromatic rings. The predicted octanol–water partition coefficient (Wildman–Crippen LogP) is 10.6. The van der Waals surface area contributed by atoms with E-state index in [-0.39, 0.29) is 82.4 Å². The number of hydrogen-bond donors (Lipinski definition) is 0. The molecule has 0 saturated carbocycles. The van der Waals surface area contributed by atoms with Crippen LogP contribution in [0.1, 0.15) is 144 Å². The molecule has 0 saturated heterocycles. The van der Waals surface area contributed by atoms with Crippen molar-refractivity contribution in [2.75, 3.05) is 4.90 Å². The van der Waals surface area contributed by atoms with Gasteiger partial charge in [0.1, 0.15) is 11.5 Å². The molecule has 47 heavy (non-hydrogen) atoms. The Balaban J connectivity index is 1.96. The van der Waals surface area contributed by atoms with Crippen LogP contribution in [0.5, 0.6) is 11.5 Å². The maximum absolute atomic E-state index is 10.1. The Labute approximate surface area is 298 Å². The van der Waals surface area contributed by atoms with E-state index in [1.807, 2.05) is 95.2 Å². The summed E-state index contributed by atoms with van der Waals surface area (Å²) in [6.45, 7) is 28.3. The van der Waals surface area contributed by atoms with E-state index < -0.39 is 33.8 Å². The molecule has 0 atom stereocenters. The van der Waals surface area contributed by atoms with Crippen molar-refractivity contribution in [3.8, 4) is 11.5 Å². The molecule has 6 rings (SSSR count). The van der Waals surface area contributed by atoms with E-state index in [1.54, 1.807) is 4.90 Å². The van der Waals surface area contributed by atoms with Gasteiger partial charge in [-0.25, -0.2) is 0 Å². The molecule has 2 aliphatic rings. The van der Waals surface area contributed by atoms with Gasteiger partial charge in [-0.3, -0.25) is 0 Å². The molecule has 0 spiro atoms. The smallest absolute Gasteiger partial charge is 0.256 e. The second kappa shape index (κ2) is 10.5. The first-order chi connectivity index (χ1) is 25.3. The normalized spacial score (nSPS) is 17.5. The largest absolute Gasteiger partial charge is 0.458 e. The molecule has 0 fully saturated rings. The highest BCUT2D eigenvalue weighted by Crippen LogP contribution is 2.46. The van der Waals surface area contributed by atoms with Crippen molar-refractivity contribution in [3.05, 3.63) is 94.3 Å². The molecule has 4 aromatic carbocycles. The quantitative estimate of drug-likeness (QED) is 0.167. The summed E-state index contributed by atoms with van der Waals surface area (Å²) >= 11 is 0. The van der Waals surface area contributed by atoms with Gasteiger partial charge in [0, 0.05) is 17.1 Å². The molecule has 0 radical (unpaired) electrons. The van der Waals surface area contributed by atoms with Crippen molar-refractivity contribution in [2.45, 2.75) is 131 Å². The molecule has 0 aliphatic carbocycles. The number of anilines is 3. The van der Waals surface area contributed by atoms with E-state index in [0.717, 1.165) is 5.56 Å². The summed E-state index contributed by atoms with van der Waals surface area (Å²) in [6.07, 6.45) is 0. The van der Waals surface area contributed by atoms with Gasteiger partial charge in [-0.15, -0.1) is 0 Å². The van der Waals surface area contributed by atoms with Crippen molar-refractivity contribution < 1.29 is 17.1 Å². The Morgan fingerprint density at radius 2 is 0.979 bits per heavy atom. The van der Waals surface area contributed by atoms with Crippen LogP contribution in [0, 0.1) is 0 Å². The van der Waals surface area contributed by atoms with Crippen LogP contribution in [-0.4, -0.2) is 6.71 Å². The molecular formula is C44H56BNO. The predicted molar refractivity (Wildman–Crippen MR) is 206 cm³/mol. The second-order valence-electron chi connectivity index (χ2n) is 18.5. The molecule has 2 aliphatic heterocycles. The Kier molecular flexibility index (Phi) is 5.33. The minimum Gasteiger partial charge on any atom is -0.458 e.